The molecule has 1 aliphatic carbocycles. The lowest BCUT2D eigenvalue weighted by Gasteiger charge is -2.41. The van der Waals surface area contributed by atoms with Crippen molar-refractivity contribution < 1.29 is 32.3 Å². The molecule has 3 aliphatic rings. The number of aryl methyl sites for hydroxylation is 1. The van der Waals surface area contributed by atoms with Gasteiger partial charge in [-0.25, -0.2) is 9.78 Å². The minimum atomic E-state index is -4.65. The third kappa shape index (κ3) is 6.52. The van der Waals surface area contributed by atoms with E-state index in [1.54, 1.807) is 36.9 Å². The molecule has 0 spiro atoms. The maximum Gasteiger partial charge on any atom is 0.433 e. The van der Waals surface area contributed by atoms with Crippen LogP contribution in [0.3, 0.4) is 0 Å². The van der Waals surface area contributed by atoms with E-state index in [1.807, 2.05) is 23.0 Å². The van der Waals surface area contributed by atoms with E-state index in [0.717, 1.165) is 79.4 Å². The van der Waals surface area contributed by atoms with Crippen LogP contribution in [0.1, 0.15) is 78.3 Å². The molecule has 3 fully saturated rings. The topological polar surface area (TPSA) is 145 Å². The van der Waals surface area contributed by atoms with Crippen molar-refractivity contribution in [1.29, 1.82) is 0 Å². The zero-order valence-corrected chi connectivity index (χ0v) is 29.7. The summed E-state index contributed by atoms with van der Waals surface area (Å²) < 4.78 is 50.1. The lowest BCUT2D eigenvalue weighted by molar-refractivity contribution is -0.141. The number of methoxy groups -OCH3 is 1. The summed E-state index contributed by atoms with van der Waals surface area (Å²) in [7, 11) is 3.35. The van der Waals surface area contributed by atoms with Crippen molar-refractivity contribution in [2.24, 2.45) is 13.0 Å². The lowest BCUT2D eigenvalue weighted by atomic mass is 9.79. The molecule has 2 saturated heterocycles. The average Bonchev–Trinajstić information content (AvgIpc) is 3.66. The van der Waals surface area contributed by atoms with Crippen molar-refractivity contribution in [3.8, 4) is 5.75 Å². The van der Waals surface area contributed by atoms with Gasteiger partial charge in [0.1, 0.15) is 23.2 Å². The molecule has 2 N–H and O–H groups in total. The third-order valence-corrected chi connectivity index (χ3v) is 11.1. The van der Waals surface area contributed by atoms with Crippen LogP contribution in [0.4, 0.5) is 18.9 Å². The maximum absolute atomic E-state index is 13.5. The van der Waals surface area contributed by atoms with E-state index in [9.17, 15) is 32.3 Å². The van der Waals surface area contributed by atoms with Gasteiger partial charge in [0.05, 0.1) is 29.7 Å². The van der Waals surface area contributed by atoms with Gasteiger partial charge in [-0.3, -0.25) is 33.5 Å². The number of pyridine rings is 1. The smallest absolute Gasteiger partial charge is 0.433 e. The summed E-state index contributed by atoms with van der Waals surface area (Å²) in [6.07, 6.45) is 1.46. The summed E-state index contributed by atoms with van der Waals surface area (Å²) in [4.78, 5) is 56.7. The van der Waals surface area contributed by atoms with Crippen LogP contribution in [0.2, 0.25) is 0 Å². The number of imidazole rings is 1. The van der Waals surface area contributed by atoms with Crippen LogP contribution in [-0.2, 0) is 22.8 Å². The highest BCUT2D eigenvalue weighted by atomic mass is 19.4. The number of likely N-dealkylation sites (tertiary alicyclic amines) is 1. The molecule has 16 heteroatoms. The number of piperidine rings is 2. The van der Waals surface area contributed by atoms with Crippen molar-refractivity contribution in [3.63, 3.8) is 0 Å². The number of hydrogen-bond donors (Lipinski definition) is 2. The second kappa shape index (κ2) is 13.7. The monoisotopic (exact) mass is 744 g/mol. The fourth-order valence-corrected chi connectivity index (χ4v) is 8.35. The molecule has 8 rings (SSSR count). The number of amides is 3. The highest BCUT2D eigenvalue weighted by molar-refractivity contribution is 6.04. The summed E-state index contributed by atoms with van der Waals surface area (Å²) >= 11 is 0. The Labute approximate surface area is 307 Å². The fourth-order valence-electron chi connectivity index (χ4n) is 8.35. The van der Waals surface area contributed by atoms with E-state index in [1.165, 1.54) is 10.6 Å². The maximum atomic E-state index is 13.5. The van der Waals surface area contributed by atoms with Crippen LogP contribution in [0, 0.1) is 5.92 Å². The van der Waals surface area contributed by atoms with Crippen LogP contribution in [0.5, 0.6) is 5.75 Å². The molecule has 1 atom stereocenters. The molecule has 1 unspecified atom stereocenters. The molecule has 2 aromatic carbocycles. The number of hydrogen-bond acceptors (Lipinski definition) is 8. The molecule has 13 nitrogen and oxygen atoms in total. The Morgan fingerprint density at radius 1 is 1.04 bits per heavy atom. The van der Waals surface area contributed by atoms with Crippen molar-refractivity contribution in [3.05, 3.63) is 82.2 Å². The number of nitrogens with zero attached hydrogens (tertiary/aromatic N) is 6. The number of carbonyl (C=O) groups excluding carboxylic acids is 3. The Hall–Kier alpha value is -5.51. The number of benzene rings is 2. The molecule has 0 radical (unpaired) electrons. The summed E-state index contributed by atoms with van der Waals surface area (Å²) in [5.74, 6) is -0.138. The zero-order valence-electron chi connectivity index (χ0n) is 29.7. The first-order valence-corrected chi connectivity index (χ1v) is 18.1. The molecule has 5 aromatic rings. The quantitative estimate of drug-likeness (QED) is 0.207. The first-order valence-electron chi connectivity index (χ1n) is 18.1. The van der Waals surface area contributed by atoms with Gasteiger partial charge in [-0.05, 0) is 99.5 Å². The Morgan fingerprint density at radius 3 is 2.54 bits per heavy atom. The fraction of sp³-hybridized carbons (Fsp3) is 0.421. The number of rotatable bonds is 8. The average molecular weight is 745 g/mol. The standard InChI is InChI=1S/C38H39F3N8O5/c1-46-34-28(49(37(46)53)29-9-11-32(50)44-36(29)52)8-10-30(54-2)33(34)22-12-14-47(15-13-22)19-21-16-25(17-21)48-20-23-18-24(6-7-26(23)45-48)42-35(51)27-4-3-5-31(43-27)38(39,40)41/h3-8,10,18,20-22,25,29H,9,11-17,19H2,1-2H3,(H,42,51)(H,44,50,52). The molecule has 1 saturated carbocycles. The van der Waals surface area contributed by atoms with E-state index in [-0.39, 0.29) is 42.1 Å². The van der Waals surface area contributed by atoms with Crippen LogP contribution < -0.4 is 21.1 Å². The summed E-state index contributed by atoms with van der Waals surface area (Å²) in [5, 5.41) is 10.6. The summed E-state index contributed by atoms with van der Waals surface area (Å²) in [6.45, 7) is 2.75. The number of fused-ring (bicyclic) bond motifs is 2. The van der Waals surface area contributed by atoms with Gasteiger partial charge in [0, 0.05) is 42.8 Å². The molecule has 2 aliphatic heterocycles. The first kappa shape index (κ1) is 35.5. The summed E-state index contributed by atoms with van der Waals surface area (Å²) in [6, 6.07) is 11.6. The second-order valence-corrected chi connectivity index (χ2v) is 14.5. The molecule has 282 valence electrons. The number of carbonyl (C=O) groups is 3. The number of aromatic nitrogens is 5. The largest absolute Gasteiger partial charge is 0.496 e. The Balaban J connectivity index is 0.888. The number of ether oxygens (including phenoxy) is 1. The third-order valence-electron chi connectivity index (χ3n) is 11.1. The molecule has 0 bridgehead atoms. The Bertz CT molecular complexity index is 2350. The van der Waals surface area contributed by atoms with E-state index in [2.05, 4.69) is 20.5 Å². The number of alkyl halides is 3. The van der Waals surface area contributed by atoms with Gasteiger partial charge in [0.15, 0.2) is 0 Å². The van der Waals surface area contributed by atoms with E-state index in [0.29, 0.717) is 22.9 Å². The highest BCUT2D eigenvalue weighted by Gasteiger charge is 2.37. The van der Waals surface area contributed by atoms with E-state index >= 15 is 0 Å². The first-order chi connectivity index (χ1) is 25.9. The Morgan fingerprint density at radius 2 is 1.81 bits per heavy atom. The molecular weight excluding hydrogens is 705 g/mol. The molecule has 54 heavy (non-hydrogen) atoms. The number of anilines is 1. The number of halogens is 3. The molecular formula is C38H39F3N8O5. The van der Waals surface area contributed by atoms with Crippen LogP contribution in [0.15, 0.2) is 59.5 Å². The minimum absolute atomic E-state index is 0.157. The minimum Gasteiger partial charge on any atom is -0.496 e. The number of imide groups is 1. The molecule has 3 aromatic heterocycles. The second-order valence-electron chi connectivity index (χ2n) is 14.5. The van der Waals surface area contributed by atoms with Gasteiger partial charge in [-0.2, -0.15) is 18.3 Å². The van der Waals surface area contributed by atoms with Crippen molar-refractivity contribution in [2.45, 2.75) is 62.7 Å². The zero-order chi connectivity index (χ0) is 37.9. The lowest BCUT2D eigenvalue weighted by Crippen LogP contribution is -2.44. The van der Waals surface area contributed by atoms with Gasteiger partial charge in [0.25, 0.3) is 5.91 Å². The van der Waals surface area contributed by atoms with Gasteiger partial charge in [0.2, 0.25) is 11.8 Å². The van der Waals surface area contributed by atoms with Gasteiger partial charge < -0.3 is 15.0 Å². The van der Waals surface area contributed by atoms with Crippen molar-refractivity contribution >= 4 is 45.3 Å². The predicted octanol–water partition coefficient (Wildman–Crippen LogP) is 5.17. The SMILES string of the molecule is COc1ccc2c(c1C1CCN(CC3CC(n4cc5cc(NC(=O)c6cccc(C(F)(F)F)n6)ccc5n4)C3)CC1)n(C)c(=O)n2C1CCC(=O)NC1=O. The van der Waals surface area contributed by atoms with E-state index in [4.69, 9.17) is 9.84 Å². The molecule has 3 amide bonds. The Kier molecular flexibility index (Phi) is 9.02. The van der Waals surface area contributed by atoms with Gasteiger partial charge >= 0.3 is 11.9 Å². The van der Waals surface area contributed by atoms with Crippen molar-refractivity contribution in [1.82, 2.24) is 34.1 Å². The predicted molar refractivity (Wildman–Crippen MR) is 192 cm³/mol. The van der Waals surface area contributed by atoms with Crippen LogP contribution >= 0.6 is 0 Å². The normalized spacial score (nSPS) is 21.3. The van der Waals surface area contributed by atoms with Crippen LogP contribution in [-0.4, -0.2) is 73.3 Å². The number of nitrogens with one attached hydrogen (secondary N) is 2. The van der Waals surface area contributed by atoms with Crippen LogP contribution in [0.25, 0.3) is 21.9 Å². The summed E-state index contributed by atoms with van der Waals surface area (Å²) in [5.41, 5.74) is 1.85. The van der Waals surface area contributed by atoms with Crippen molar-refractivity contribution in [2.75, 3.05) is 32.1 Å². The highest BCUT2D eigenvalue weighted by Crippen LogP contribution is 2.42. The van der Waals surface area contributed by atoms with Gasteiger partial charge in [-0.1, -0.05) is 6.07 Å². The van der Waals surface area contributed by atoms with E-state index < -0.39 is 29.7 Å². The molecule has 5 heterocycles. The van der Waals surface area contributed by atoms with Gasteiger partial charge in [-0.15, -0.1) is 0 Å².